The Hall–Kier alpha value is -2.59. The van der Waals surface area contributed by atoms with E-state index < -0.39 is 11.7 Å². The second-order valence-electron chi connectivity index (χ2n) is 12.4. The van der Waals surface area contributed by atoms with Crippen LogP contribution in [0.2, 0.25) is 5.02 Å². The summed E-state index contributed by atoms with van der Waals surface area (Å²) in [6, 6.07) is 3.52. The first kappa shape index (κ1) is 32.3. The maximum Gasteiger partial charge on any atom is 0.416 e. The quantitative estimate of drug-likeness (QED) is 0.288. The third-order valence-electron chi connectivity index (χ3n) is 8.52. The van der Waals surface area contributed by atoms with Crippen LogP contribution in [0.4, 0.5) is 19.1 Å². The van der Waals surface area contributed by atoms with Crippen molar-refractivity contribution in [1.82, 2.24) is 19.8 Å². The third-order valence-corrected chi connectivity index (χ3v) is 8.74. The number of likely N-dealkylation sites (N-methyl/N-ethyl adjacent to an activating group) is 1. The maximum absolute atomic E-state index is 13.6. The molecule has 1 saturated heterocycles. The van der Waals surface area contributed by atoms with Crippen molar-refractivity contribution in [2.75, 3.05) is 32.1 Å². The highest BCUT2D eigenvalue weighted by atomic mass is 35.5. The molecule has 0 N–H and O–H groups in total. The molecule has 1 aliphatic heterocycles. The van der Waals surface area contributed by atoms with E-state index in [9.17, 15) is 18.0 Å². The summed E-state index contributed by atoms with van der Waals surface area (Å²) in [4.78, 5) is 28.8. The number of likely N-dealkylation sites (tertiary alicyclic amines) is 1. The van der Waals surface area contributed by atoms with Gasteiger partial charge in [-0.2, -0.15) is 13.2 Å². The summed E-state index contributed by atoms with van der Waals surface area (Å²) in [6.07, 6.45) is 1.73. The van der Waals surface area contributed by atoms with Gasteiger partial charge in [-0.05, 0) is 82.3 Å². The number of hydrogen-bond donors (Lipinski definition) is 0. The molecule has 0 bridgehead atoms. The van der Waals surface area contributed by atoms with Crippen LogP contribution in [-0.2, 0) is 17.5 Å². The van der Waals surface area contributed by atoms with Crippen molar-refractivity contribution in [3.8, 4) is 5.75 Å². The Morgan fingerprint density at radius 1 is 1.14 bits per heavy atom. The molecule has 11 heteroatoms. The fraction of sp³-hybridized carbons (Fsp3) is 0.645. The molecule has 7 nitrogen and oxygen atoms in total. The van der Waals surface area contributed by atoms with Crippen LogP contribution < -0.4 is 9.64 Å². The minimum atomic E-state index is -4.52. The number of alkyl halides is 3. The highest BCUT2D eigenvalue weighted by Crippen LogP contribution is 2.47. The van der Waals surface area contributed by atoms with Crippen molar-refractivity contribution in [2.24, 2.45) is 17.8 Å². The molecule has 0 spiro atoms. The summed E-state index contributed by atoms with van der Waals surface area (Å²) in [5.74, 6) is 2.16. The van der Waals surface area contributed by atoms with Gasteiger partial charge < -0.3 is 19.4 Å². The predicted octanol–water partition coefficient (Wildman–Crippen LogP) is 6.55. The standard InChI is InChI=1S/C31H43ClF3N5O2/c1-7-24-14-25(10-20(4)40(24)29(41)28-15-27(28)19(2)3)39(18-21-11-22(31(33,34)35)13-23(32)12-21)30-36-16-26(17-37-30)42-9-8-38(5)6/h11-13,16-17,19-20,24-25,27-28H,7-10,14-15,18H2,1-6H3/t20?,24-,25-,27+,28?/m1/s1. The summed E-state index contributed by atoms with van der Waals surface area (Å²) in [6.45, 7) is 9.84. The van der Waals surface area contributed by atoms with Gasteiger partial charge in [-0.25, -0.2) is 9.97 Å². The number of benzene rings is 1. The van der Waals surface area contributed by atoms with Crippen LogP contribution in [0.3, 0.4) is 0 Å². The second kappa shape index (κ2) is 13.4. The molecule has 2 unspecified atom stereocenters. The lowest BCUT2D eigenvalue weighted by molar-refractivity contribution is -0.140. The smallest absolute Gasteiger partial charge is 0.416 e. The van der Waals surface area contributed by atoms with Crippen LogP contribution in [0, 0.1) is 17.8 Å². The zero-order valence-electron chi connectivity index (χ0n) is 25.4. The zero-order chi connectivity index (χ0) is 30.8. The number of anilines is 1. The number of piperidine rings is 1. The average molecular weight is 610 g/mol. The Kier molecular flexibility index (Phi) is 10.3. The molecule has 1 saturated carbocycles. The van der Waals surface area contributed by atoms with Crippen molar-refractivity contribution in [3.63, 3.8) is 0 Å². The number of hydrogen-bond acceptors (Lipinski definition) is 6. The first-order valence-corrected chi connectivity index (χ1v) is 15.2. The Labute approximate surface area is 252 Å². The molecule has 2 fully saturated rings. The number of rotatable bonds is 11. The van der Waals surface area contributed by atoms with Gasteiger partial charge in [-0.1, -0.05) is 32.4 Å². The Morgan fingerprint density at radius 3 is 2.40 bits per heavy atom. The van der Waals surface area contributed by atoms with E-state index in [1.54, 1.807) is 18.5 Å². The monoisotopic (exact) mass is 609 g/mol. The van der Waals surface area contributed by atoms with E-state index in [0.717, 1.165) is 31.5 Å². The van der Waals surface area contributed by atoms with Gasteiger partial charge in [0.15, 0.2) is 5.75 Å². The fourth-order valence-corrected chi connectivity index (χ4v) is 6.43. The van der Waals surface area contributed by atoms with Gasteiger partial charge in [0.2, 0.25) is 11.9 Å². The SMILES string of the molecule is CC[C@@H]1C[C@H](N(Cc2cc(Cl)cc(C(F)(F)F)c2)c2ncc(OCCN(C)C)cn2)CC(C)N1C(=O)C1C[C@H]1C(C)C. The van der Waals surface area contributed by atoms with Gasteiger partial charge in [-0.15, -0.1) is 0 Å². The minimum absolute atomic E-state index is 0.0147. The van der Waals surface area contributed by atoms with Gasteiger partial charge in [-0.3, -0.25) is 4.79 Å². The largest absolute Gasteiger partial charge is 0.489 e. The van der Waals surface area contributed by atoms with E-state index >= 15 is 0 Å². The lowest BCUT2D eigenvalue weighted by Gasteiger charge is -2.47. The molecule has 1 aromatic heterocycles. The van der Waals surface area contributed by atoms with Gasteiger partial charge in [0.1, 0.15) is 6.61 Å². The number of halogens is 4. The summed E-state index contributed by atoms with van der Waals surface area (Å²) >= 11 is 6.14. The van der Waals surface area contributed by atoms with Crippen molar-refractivity contribution >= 4 is 23.5 Å². The molecule has 2 aromatic rings. The van der Waals surface area contributed by atoms with Gasteiger partial charge in [0, 0.05) is 42.2 Å². The Bertz CT molecular complexity index is 1210. The first-order valence-electron chi connectivity index (χ1n) is 14.8. The average Bonchev–Trinajstić information content (AvgIpc) is 3.72. The van der Waals surface area contributed by atoms with Crippen LogP contribution >= 0.6 is 11.6 Å². The summed E-state index contributed by atoms with van der Waals surface area (Å²) < 4.78 is 46.6. The van der Waals surface area contributed by atoms with E-state index in [2.05, 4.69) is 42.6 Å². The minimum Gasteiger partial charge on any atom is -0.489 e. The zero-order valence-corrected chi connectivity index (χ0v) is 26.1. The van der Waals surface area contributed by atoms with Crippen molar-refractivity contribution < 1.29 is 22.7 Å². The predicted molar refractivity (Wildman–Crippen MR) is 159 cm³/mol. The van der Waals surface area contributed by atoms with E-state index in [-0.39, 0.29) is 41.5 Å². The topological polar surface area (TPSA) is 61.8 Å². The number of carbonyl (C=O) groups is 1. The molecule has 2 aliphatic rings. The van der Waals surface area contributed by atoms with Crippen LogP contribution in [0.1, 0.15) is 64.5 Å². The summed E-state index contributed by atoms with van der Waals surface area (Å²) in [5, 5.41) is 0.0229. The first-order chi connectivity index (χ1) is 19.8. The van der Waals surface area contributed by atoms with Gasteiger partial charge in [0.25, 0.3) is 0 Å². The van der Waals surface area contributed by atoms with Crippen LogP contribution in [0.25, 0.3) is 0 Å². The molecular weight excluding hydrogens is 567 g/mol. The second-order valence-corrected chi connectivity index (χ2v) is 12.8. The summed E-state index contributed by atoms with van der Waals surface area (Å²) in [7, 11) is 3.91. The van der Waals surface area contributed by atoms with E-state index in [0.29, 0.717) is 48.5 Å². The highest BCUT2D eigenvalue weighted by molar-refractivity contribution is 6.30. The van der Waals surface area contributed by atoms with E-state index in [1.165, 1.54) is 0 Å². The lowest BCUT2D eigenvalue weighted by Crippen LogP contribution is -2.56. The molecule has 1 amide bonds. The molecule has 1 aliphatic carbocycles. The molecule has 2 heterocycles. The molecule has 4 rings (SSSR count). The van der Waals surface area contributed by atoms with Crippen LogP contribution in [0.15, 0.2) is 30.6 Å². The normalized spacial score (nSPS) is 24.3. The van der Waals surface area contributed by atoms with E-state index in [1.807, 2.05) is 23.9 Å². The van der Waals surface area contributed by atoms with Gasteiger partial charge >= 0.3 is 6.18 Å². The van der Waals surface area contributed by atoms with Gasteiger partial charge in [0.05, 0.1) is 18.0 Å². The van der Waals surface area contributed by atoms with Crippen LogP contribution in [-0.4, -0.2) is 71.0 Å². The Morgan fingerprint density at radius 2 is 1.83 bits per heavy atom. The number of nitrogens with zero attached hydrogens (tertiary/aromatic N) is 5. The molecular formula is C31H43ClF3N5O2. The van der Waals surface area contributed by atoms with Crippen molar-refractivity contribution in [2.45, 2.75) is 84.2 Å². The summed E-state index contributed by atoms with van der Waals surface area (Å²) in [5.41, 5.74) is -0.374. The maximum atomic E-state index is 13.6. The Balaban J connectivity index is 1.61. The molecule has 42 heavy (non-hydrogen) atoms. The fourth-order valence-electron chi connectivity index (χ4n) is 6.18. The number of amides is 1. The molecule has 5 atom stereocenters. The third kappa shape index (κ3) is 7.86. The molecule has 232 valence electrons. The lowest BCUT2D eigenvalue weighted by atomic mass is 9.88. The molecule has 0 radical (unpaired) electrons. The highest BCUT2D eigenvalue weighted by Gasteiger charge is 2.49. The number of aromatic nitrogens is 2. The number of carbonyl (C=O) groups excluding carboxylic acids is 1. The van der Waals surface area contributed by atoms with Crippen LogP contribution in [0.5, 0.6) is 5.75 Å². The van der Waals surface area contributed by atoms with E-state index in [4.69, 9.17) is 16.3 Å². The van der Waals surface area contributed by atoms with Crippen molar-refractivity contribution in [3.05, 3.63) is 46.7 Å². The molecule has 1 aromatic carbocycles. The number of ether oxygens (including phenoxy) is 1. The van der Waals surface area contributed by atoms with Crippen molar-refractivity contribution in [1.29, 1.82) is 0 Å².